The van der Waals surface area contributed by atoms with Gasteiger partial charge in [0.05, 0.1) is 37.6 Å². The van der Waals surface area contributed by atoms with E-state index in [0.29, 0.717) is 34.7 Å². The Hall–Kier alpha value is -2.37. The van der Waals surface area contributed by atoms with Crippen LogP contribution < -0.4 is 9.84 Å². The third-order valence-electron chi connectivity index (χ3n) is 5.86. The summed E-state index contributed by atoms with van der Waals surface area (Å²) in [5.74, 6) is -0.690. The number of rotatable bonds is 5. The van der Waals surface area contributed by atoms with E-state index in [0.717, 1.165) is 11.0 Å². The minimum atomic E-state index is -1.10. The summed E-state index contributed by atoms with van der Waals surface area (Å²) in [5.41, 5.74) is 1.29. The van der Waals surface area contributed by atoms with Gasteiger partial charge in [-0.1, -0.05) is 36.4 Å². The molecule has 0 saturated carbocycles. The van der Waals surface area contributed by atoms with Crippen molar-refractivity contribution < 1.29 is 24.2 Å². The van der Waals surface area contributed by atoms with Crippen molar-refractivity contribution in [1.29, 1.82) is 0 Å². The minimum absolute atomic E-state index is 0.285. The van der Waals surface area contributed by atoms with E-state index in [1.807, 2.05) is 12.1 Å². The maximum Gasteiger partial charge on any atom is 0.131 e. The average Bonchev–Trinajstić information content (AvgIpc) is 2.66. The molecule has 1 aliphatic rings. The average molecular weight is 386 g/mol. The van der Waals surface area contributed by atoms with E-state index in [2.05, 4.69) is 34.7 Å². The van der Waals surface area contributed by atoms with Crippen LogP contribution in [-0.4, -0.2) is 47.8 Å². The van der Waals surface area contributed by atoms with Gasteiger partial charge in [-0.25, -0.2) is 0 Å². The summed E-state index contributed by atoms with van der Waals surface area (Å²) in [6.45, 7) is 9.96. The Labute approximate surface area is 167 Å². The van der Waals surface area contributed by atoms with E-state index in [1.165, 1.54) is 0 Å². The SMILES string of the molecule is CC(C)[N+](C)(CCO)C(C)C.O=C([O-])C1c2ccccc2Oc2ccccc21. The normalized spacial score (nSPS) is 13.3. The second-order valence-corrected chi connectivity index (χ2v) is 7.91. The van der Waals surface area contributed by atoms with Crippen molar-refractivity contribution in [2.75, 3.05) is 20.2 Å². The Kier molecular flexibility index (Phi) is 7.22. The van der Waals surface area contributed by atoms with Crippen LogP contribution in [0, 0.1) is 0 Å². The van der Waals surface area contributed by atoms with Crippen molar-refractivity contribution in [2.24, 2.45) is 0 Å². The molecule has 1 aliphatic heterocycles. The lowest BCUT2D eigenvalue weighted by atomic mass is 9.88. The fourth-order valence-electron chi connectivity index (χ4n) is 3.49. The van der Waals surface area contributed by atoms with Gasteiger partial charge >= 0.3 is 0 Å². The Morgan fingerprint density at radius 1 is 1.00 bits per heavy atom. The molecule has 0 aliphatic carbocycles. The molecule has 0 bridgehead atoms. The van der Waals surface area contributed by atoms with Crippen LogP contribution in [0.15, 0.2) is 48.5 Å². The number of aliphatic hydroxyl groups excluding tert-OH is 1. The third-order valence-corrected chi connectivity index (χ3v) is 5.86. The van der Waals surface area contributed by atoms with Crippen molar-refractivity contribution >= 4 is 5.97 Å². The Morgan fingerprint density at radius 2 is 1.43 bits per heavy atom. The first-order valence-corrected chi connectivity index (χ1v) is 9.74. The molecule has 0 aromatic heterocycles. The minimum Gasteiger partial charge on any atom is -0.549 e. The number of hydrogen-bond donors (Lipinski definition) is 1. The first-order valence-electron chi connectivity index (χ1n) is 9.74. The molecule has 28 heavy (non-hydrogen) atoms. The Balaban J connectivity index is 0.000000224. The number of ether oxygens (including phenoxy) is 1. The largest absolute Gasteiger partial charge is 0.549 e. The standard InChI is InChI=1S/C14H10O3.C9H22NO/c15-14(16)13-9-5-1-3-7-11(9)17-12-8-4-2-6-10(12)13;1-8(2)10(5,6-7-11)9(3)4/h1-8,13H,(H,15,16);8-9,11H,6-7H2,1-5H3/q;+1/p-1. The van der Waals surface area contributed by atoms with Gasteiger partial charge in [0.2, 0.25) is 0 Å². The van der Waals surface area contributed by atoms with Gasteiger partial charge in [-0.15, -0.1) is 0 Å². The van der Waals surface area contributed by atoms with E-state index >= 15 is 0 Å². The number of aliphatic hydroxyl groups is 1. The monoisotopic (exact) mass is 385 g/mol. The first-order chi connectivity index (χ1) is 13.2. The number of hydrogen-bond acceptors (Lipinski definition) is 4. The molecule has 0 fully saturated rings. The number of aliphatic carboxylic acids is 1. The molecule has 0 amide bonds. The van der Waals surface area contributed by atoms with Crippen molar-refractivity contribution in [3.8, 4) is 11.5 Å². The van der Waals surface area contributed by atoms with Crippen molar-refractivity contribution in [2.45, 2.75) is 45.7 Å². The molecule has 2 aromatic rings. The number of carboxylic acids is 1. The molecular formula is C23H31NO4. The van der Waals surface area contributed by atoms with Crippen LogP contribution in [0.2, 0.25) is 0 Å². The number of carbonyl (C=O) groups is 1. The maximum atomic E-state index is 11.3. The Morgan fingerprint density at radius 3 is 1.75 bits per heavy atom. The first kappa shape index (κ1) is 21.9. The van der Waals surface area contributed by atoms with Gasteiger partial charge in [0, 0.05) is 11.1 Å². The molecule has 5 heteroatoms. The second-order valence-electron chi connectivity index (χ2n) is 7.91. The Bertz CT molecular complexity index is 747. The van der Waals surface area contributed by atoms with Crippen LogP contribution in [0.1, 0.15) is 44.7 Å². The van der Waals surface area contributed by atoms with E-state index in [1.54, 1.807) is 36.4 Å². The zero-order chi connectivity index (χ0) is 20.9. The number of likely N-dealkylation sites (N-methyl/N-ethyl adjacent to an activating group) is 1. The van der Waals surface area contributed by atoms with Gasteiger partial charge in [-0.2, -0.15) is 0 Å². The van der Waals surface area contributed by atoms with Gasteiger partial charge in [0.1, 0.15) is 18.0 Å². The summed E-state index contributed by atoms with van der Waals surface area (Å²) < 4.78 is 6.62. The van der Waals surface area contributed by atoms with Gasteiger partial charge in [0.25, 0.3) is 0 Å². The van der Waals surface area contributed by atoms with Gasteiger partial charge in [0.15, 0.2) is 0 Å². The highest BCUT2D eigenvalue weighted by atomic mass is 16.5. The molecule has 0 radical (unpaired) electrons. The van der Waals surface area contributed by atoms with E-state index in [-0.39, 0.29) is 6.61 Å². The molecule has 0 atom stereocenters. The quantitative estimate of drug-likeness (QED) is 0.804. The highest BCUT2D eigenvalue weighted by Crippen LogP contribution is 2.43. The predicted molar refractivity (Wildman–Crippen MR) is 108 cm³/mol. The lowest BCUT2D eigenvalue weighted by Gasteiger charge is -2.42. The van der Waals surface area contributed by atoms with E-state index in [9.17, 15) is 9.90 Å². The van der Waals surface area contributed by atoms with E-state index < -0.39 is 11.9 Å². The fourth-order valence-corrected chi connectivity index (χ4v) is 3.49. The topological polar surface area (TPSA) is 69.6 Å². The summed E-state index contributed by atoms with van der Waals surface area (Å²) >= 11 is 0. The number of quaternary nitrogens is 1. The summed E-state index contributed by atoms with van der Waals surface area (Å²) in [4.78, 5) is 11.3. The van der Waals surface area contributed by atoms with Crippen molar-refractivity contribution in [1.82, 2.24) is 0 Å². The van der Waals surface area contributed by atoms with Crippen molar-refractivity contribution in [3.05, 3.63) is 59.7 Å². The van der Waals surface area contributed by atoms with Crippen LogP contribution in [0.5, 0.6) is 11.5 Å². The molecule has 152 valence electrons. The predicted octanol–water partition coefficient (Wildman–Crippen LogP) is 2.92. The van der Waals surface area contributed by atoms with Gasteiger partial charge < -0.3 is 24.2 Å². The zero-order valence-electron chi connectivity index (χ0n) is 17.4. The molecule has 1 N–H and O–H groups in total. The smallest absolute Gasteiger partial charge is 0.131 e. The number of para-hydroxylation sites is 2. The maximum absolute atomic E-state index is 11.3. The zero-order valence-corrected chi connectivity index (χ0v) is 17.4. The number of nitrogens with zero attached hydrogens (tertiary/aromatic N) is 1. The fraction of sp³-hybridized carbons (Fsp3) is 0.435. The molecule has 0 spiro atoms. The molecule has 0 saturated heterocycles. The second kappa shape index (κ2) is 9.22. The van der Waals surface area contributed by atoms with Crippen LogP contribution in [0.25, 0.3) is 0 Å². The summed E-state index contributed by atoms with van der Waals surface area (Å²) in [6, 6.07) is 15.4. The summed E-state index contributed by atoms with van der Waals surface area (Å²) in [7, 11) is 2.20. The highest BCUT2D eigenvalue weighted by Gasteiger charge is 2.28. The molecule has 1 heterocycles. The van der Waals surface area contributed by atoms with Crippen LogP contribution in [-0.2, 0) is 4.79 Å². The molecule has 5 nitrogen and oxygen atoms in total. The number of carbonyl (C=O) groups excluding carboxylic acids is 1. The number of carboxylic acid groups (broad SMARTS) is 1. The van der Waals surface area contributed by atoms with Crippen LogP contribution in [0.3, 0.4) is 0 Å². The lowest BCUT2D eigenvalue weighted by Crippen LogP contribution is -2.55. The van der Waals surface area contributed by atoms with E-state index in [4.69, 9.17) is 9.84 Å². The van der Waals surface area contributed by atoms with Crippen LogP contribution in [0.4, 0.5) is 0 Å². The molecule has 3 rings (SSSR count). The summed E-state index contributed by atoms with van der Waals surface area (Å²) in [5, 5.41) is 20.2. The van der Waals surface area contributed by atoms with Gasteiger partial charge in [-0.3, -0.25) is 0 Å². The van der Waals surface area contributed by atoms with Crippen molar-refractivity contribution in [3.63, 3.8) is 0 Å². The molecular weight excluding hydrogens is 354 g/mol. The summed E-state index contributed by atoms with van der Waals surface area (Å²) in [6.07, 6.45) is 0. The number of benzene rings is 2. The third kappa shape index (κ3) is 4.54. The highest BCUT2D eigenvalue weighted by molar-refractivity contribution is 5.82. The lowest BCUT2D eigenvalue weighted by molar-refractivity contribution is -0.949. The molecule has 2 aromatic carbocycles. The number of fused-ring (bicyclic) bond motifs is 2. The van der Waals surface area contributed by atoms with Gasteiger partial charge in [-0.05, 0) is 39.8 Å². The molecule has 0 unspecified atom stereocenters. The van der Waals surface area contributed by atoms with Crippen LogP contribution >= 0.6 is 0 Å².